The lowest BCUT2D eigenvalue weighted by Gasteiger charge is -2.35. The number of nitrogens with one attached hydrogen (secondary N) is 2. The Balaban J connectivity index is 1.42. The highest BCUT2D eigenvalue weighted by molar-refractivity contribution is 7.93. The third kappa shape index (κ3) is 6.46. The number of sulfonamides is 1. The molecule has 12 nitrogen and oxygen atoms in total. The Bertz CT molecular complexity index is 1460. The molecule has 1 aromatic heterocycles. The molecule has 3 aliphatic rings. The minimum Gasteiger partial charge on any atom is -0.480 e. The third-order valence-electron chi connectivity index (χ3n) is 7.70. The van der Waals surface area contributed by atoms with E-state index in [1.165, 1.54) is 31.0 Å². The number of morpholine rings is 1. The van der Waals surface area contributed by atoms with Gasteiger partial charge in [0.25, 0.3) is 5.91 Å². The fourth-order valence-electron chi connectivity index (χ4n) is 5.34. The standard InChI is InChI=1S/C27H32N6O6S/c1-18-16-33(10-11-39-18)24-13-19(15-28)12-23(29-24)30-26(36)21-3-2-20(31-40(37,38)17-25(34)35)14-22(21)32-8-6-27(4-5-27)7-9-32/h2-3,12-14,18,31H,4-11,16-17H2,1H3,(H,34,35)(H,29,30,36). The molecule has 5 rings (SSSR count). The molecule has 40 heavy (non-hydrogen) atoms. The van der Waals surface area contributed by atoms with E-state index >= 15 is 0 Å². The Morgan fingerprint density at radius 2 is 1.90 bits per heavy atom. The molecular formula is C27H32N6O6S. The molecule has 1 saturated carbocycles. The van der Waals surface area contributed by atoms with Crippen molar-refractivity contribution in [1.29, 1.82) is 5.26 Å². The first kappa shape index (κ1) is 27.7. The van der Waals surface area contributed by atoms with Gasteiger partial charge in [-0.25, -0.2) is 13.4 Å². The minimum atomic E-state index is -4.12. The lowest BCUT2D eigenvalue weighted by molar-refractivity contribution is -0.134. The van der Waals surface area contributed by atoms with Gasteiger partial charge in [-0.1, -0.05) is 0 Å². The number of hydrogen-bond acceptors (Lipinski definition) is 9. The second kappa shape index (κ2) is 10.9. The molecule has 3 heterocycles. The van der Waals surface area contributed by atoms with E-state index in [-0.39, 0.29) is 17.6 Å². The number of carboxylic acids is 1. The number of nitrogens with zero attached hydrogens (tertiary/aromatic N) is 4. The molecular weight excluding hydrogens is 536 g/mol. The van der Waals surface area contributed by atoms with Gasteiger partial charge in [-0.3, -0.25) is 14.3 Å². The number of aromatic nitrogens is 1. The number of hydrogen-bond donors (Lipinski definition) is 3. The van der Waals surface area contributed by atoms with Gasteiger partial charge in [-0.2, -0.15) is 5.26 Å². The van der Waals surface area contributed by atoms with Crippen LogP contribution in [0.1, 0.15) is 48.5 Å². The molecule has 2 aliphatic heterocycles. The zero-order chi connectivity index (χ0) is 28.5. The van der Waals surface area contributed by atoms with Gasteiger partial charge in [0, 0.05) is 26.2 Å². The Morgan fingerprint density at radius 3 is 2.55 bits per heavy atom. The van der Waals surface area contributed by atoms with Crippen LogP contribution in [0.3, 0.4) is 0 Å². The second-order valence-electron chi connectivity index (χ2n) is 10.8. The molecule has 1 aromatic carbocycles. The van der Waals surface area contributed by atoms with Crippen LogP contribution in [0, 0.1) is 16.7 Å². The molecule has 2 saturated heterocycles. The number of amides is 1. The number of pyridine rings is 1. The van der Waals surface area contributed by atoms with Gasteiger partial charge in [-0.05, 0) is 68.4 Å². The molecule has 0 bridgehead atoms. The molecule has 1 spiro atoms. The van der Waals surface area contributed by atoms with Crippen LogP contribution < -0.4 is 19.8 Å². The van der Waals surface area contributed by atoms with Gasteiger partial charge in [-0.15, -0.1) is 0 Å². The molecule has 0 radical (unpaired) electrons. The number of piperidine rings is 1. The molecule has 2 aromatic rings. The average Bonchev–Trinajstić information content (AvgIpc) is 3.66. The molecule has 212 valence electrons. The van der Waals surface area contributed by atoms with Crippen LogP contribution in [0.4, 0.5) is 23.0 Å². The van der Waals surface area contributed by atoms with Gasteiger partial charge < -0.3 is 25.0 Å². The van der Waals surface area contributed by atoms with Crippen LogP contribution in [-0.4, -0.2) is 75.0 Å². The van der Waals surface area contributed by atoms with Gasteiger partial charge >= 0.3 is 5.97 Å². The van der Waals surface area contributed by atoms with Gasteiger partial charge in [0.1, 0.15) is 11.6 Å². The summed E-state index contributed by atoms with van der Waals surface area (Å²) in [5, 5.41) is 21.4. The van der Waals surface area contributed by atoms with E-state index in [9.17, 15) is 23.3 Å². The van der Waals surface area contributed by atoms with Gasteiger partial charge in [0.05, 0.1) is 41.3 Å². The smallest absolute Gasteiger partial charge is 0.320 e. The molecule has 1 aliphatic carbocycles. The predicted molar refractivity (Wildman–Crippen MR) is 149 cm³/mol. The number of carbonyl (C=O) groups excluding carboxylic acids is 1. The molecule has 3 N–H and O–H groups in total. The van der Waals surface area contributed by atoms with E-state index in [2.05, 4.69) is 26.0 Å². The first-order chi connectivity index (χ1) is 19.0. The van der Waals surface area contributed by atoms with Crippen LogP contribution in [0.15, 0.2) is 30.3 Å². The molecule has 1 unspecified atom stereocenters. The number of rotatable bonds is 8. The van der Waals surface area contributed by atoms with Crippen molar-refractivity contribution >= 4 is 44.9 Å². The highest BCUT2D eigenvalue weighted by Gasteiger charge is 2.44. The van der Waals surface area contributed by atoms with Crippen LogP contribution in [0.5, 0.6) is 0 Å². The number of carboxylic acid groups (broad SMARTS) is 1. The van der Waals surface area contributed by atoms with Crippen molar-refractivity contribution in [3.63, 3.8) is 0 Å². The summed E-state index contributed by atoms with van der Waals surface area (Å²) < 4.78 is 32.4. The normalized spacial score (nSPS) is 20.1. The number of ether oxygens (including phenoxy) is 1. The third-order valence-corrected chi connectivity index (χ3v) is 8.87. The van der Waals surface area contributed by atoms with Crippen molar-refractivity contribution in [2.45, 2.75) is 38.7 Å². The van der Waals surface area contributed by atoms with E-state index in [0.717, 1.165) is 12.8 Å². The monoisotopic (exact) mass is 568 g/mol. The number of benzene rings is 1. The van der Waals surface area contributed by atoms with Gasteiger partial charge in [0.2, 0.25) is 10.0 Å². The number of anilines is 4. The Hall–Kier alpha value is -3.89. The van der Waals surface area contributed by atoms with Crippen molar-refractivity contribution in [3.8, 4) is 6.07 Å². The average molecular weight is 569 g/mol. The van der Waals surface area contributed by atoms with Gasteiger partial charge in [0.15, 0.2) is 5.75 Å². The van der Waals surface area contributed by atoms with E-state index in [4.69, 9.17) is 9.84 Å². The summed E-state index contributed by atoms with van der Waals surface area (Å²) in [4.78, 5) is 33.2. The summed E-state index contributed by atoms with van der Waals surface area (Å²) in [6.07, 6.45) is 4.38. The predicted octanol–water partition coefficient (Wildman–Crippen LogP) is 2.64. The number of carbonyl (C=O) groups is 2. The topological polar surface area (TPSA) is 165 Å². The summed E-state index contributed by atoms with van der Waals surface area (Å²) in [5.41, 5.74) is 1.77. The highest BCUT2D eigenvalue weighted by Crippen LogP contribution is 2.54. The first-order valence-electron chi connectivity index (χ1n) is 13.3. The summed E-state index contributed by atoms with van der Waals surface area (Å²) in [6.45, 7) is 5.14. The lowest BCUT2D eigenvalue weighted by atomic mass is 9.93. The largest absolute Gasteiger partial charge is 0.480 e. The van der Waals surface area contributed by atoms with Crippen LogP contribution in [0.25, 0.3) is 0 Å². The van der Waals surface area contributed by atoms with Crippen molar-refractivity contribution in [2.24, 2.45) is 5.41 Å². The van der Waals surface area contributed by atoms with Crippen LogP contribution in [-0.2, 0) is 19.6 Å². The summed E-state index contributed by atoms with van der Waals surface area (Å²) in [7, 11) is -4.12. The lowest BCUT2D eigenvalue weighted by Crippen LogP contribution is -2.41. The fourth-order valence-corrected chi connectivity index (χ4v) is 6.23. The SMILES string of the molecule is CC1CN(c2cc(C#N)cc(NC(=O)c3ccc(NS(=O)(=O)CC(=O)O)cc3N3CCC4(CC3)CC4)n2)CCO1. The maximum atomic E-state index is 13.6. The quantitative estimate of drug-likeness (QED) is 0.431. The maximum Gasteiger partial charge on any atom is 0.320 e. The fraction of sp³-hybridized carbons (Fsp3) is 0.481. The Kier molecular flexibility index (Phi) is 7.57. The minimum absolute atomic E-state index is 0.00708. The van der Waals surface area contributed by atoms with Crippen molar-refractivity contribution in [3.05, 3.63) is 41.5 Å². The summed E-state index contributed by atoms with van der Waals surface area (Å²) >= 11 is 0. The molecule has 1 atom stereocenters. The van der Waals surface area contributed by atoms with E-state index in [1.54, 1.807) is 12.1 Å². The summed E-state index contributed by atoms with van der Waals surface area (Å²) in [5.74, 6) is -2.19. The first-order valence-corrected chi connectivity index (χ1v) is 14.9. The van der Waals surface area contributed by atoms with Crippen LogP contribution >= 0.6 is 0 Å². The summed E-state index contributed by atoms with van der Waals surface area (Å²) in [6, 6.07) is 9.84. The van der Waals surface area contributed by atoms with E-state index < -0.39 is 27.7 Å². The molecule has 3 fully saturated rings. The Labute approximate surface area is 233 Å². The van der Waals surface area contributed by atoms with Crippen molar-refractivity contribution in [1.82, 2.24) is 4.98 Å². The highest BCUT2D eigenvalue weighted by atomic mass is 32.2. The van der Waals surface area contributed by atoms with Crippen molar-refractivity contribution in [2.75, 3.05) is 58.4 Å². The number of aliphatic carboxylic acids is 1. The van der Waals surface area contributed by atoms with E-state index in [1.807, 2.05) is 11.8 Å². The van der Waals surface area contributed by atoms with Crippen LogP contribution in [0.2, 0.25) is 0 Å². The second-order valence-corrected chi connectivity index (χ2v) is 12.5. The zero-order valence-electron chi connectivity index (χ0n) is 22.2. The number of nitriles is 1. The molecule has 1 amide bonds. The molecule has 13 heteroatoms. The van der Waals surface area contributed by atoms with E-state index in [0.29, 0.717) is 60.8 Å². The van der Waals surface area contributed by atoms with Crippen molar-refractivity contribution < 1.29 is 27.9 Å². The zero-order valence-corrected chi connectivity index (χ0v) is 23.0. The Morgan fingerprint density at radius 1 is 1.15 bits per heavy atom. The maximum absolute atomic E-state index is 13.6.